The molecule has 0 spiro atoms. The highest BCUT2D eigenvalue weighted by Crippen LogP contribution is 2.28. The Kier molecular flexibility index (Phi) is 8.37. The number of hydrogen-bond donors (Lipinski definition) is 0. The first-order valence-electron chi connectivity index (χ1n) is 10.0. The minimum absolute atomic E-state index is 0.0631. The van der Waals surface area contributed by atoms with Crippen molar-refractivity contribution >= 4 is 39.2 Å². The van der Waals surface area contributed by atoms with E-state index in [1.54, 1.807) is 67.5 Å². The van der Waals surface area contributed by atoms with Crippen molar-refractivity contribution in [1.29, 1.82) is 0 Å². The van der Waals surface area contributed by atoms with Crippen LogP contribution in [0.1, 0.15) is 21.5 Å². The SMILES string of the molecule is COCCN(Cc1ccc(OS(=O)(=O)c2c(C)cccc2Cl)cc1)C(=O)c1ccccc1Cl. The van der Waals surface area contributed by atoms with Gasteiger partial charge in [-0.2, -0.15) is 8.42 Å². The third kappa shape index (κ3) is 6.26. The van der Waals surface area contributed by atoms with Gasteiger partial charge >= 0.3 is 10.1 Å². The molecule has 3 aromatic rings. The van der Waals surface area contributed by atoms with Gasteiger partial charge in [-0.05, 0) is 48.4 Å². The van der Waals surface area contributed by atoms with E-state index in [1.165, 1.54) is 18.2 Å². The van der Waals surface area contributed by atoms with Crippen LogP contribution in [0, 0.1) is 6.92 Å². The Balaban J connectivity index is 1.78. The van der Waals surface area contributed by atoms with Crippen LogP contribution < -0.4 is 4.18 Å². The Hall–Kier alpha value is -2.58. The van der Waals surface area contributed by atoms with Crippen molar-refractivity contribution in [3.05, 3.63) is 93.5 Å². The molecule has 0 aliphatic carbocycles. The predicted octanol–water partition coefficient (Wildman–Crippen LogP) is 5.36. The molecule has 0 radical (unpaired) electrons. The normalized spacial score (nSPS) is 11.3. The van der Waals surface area contributed by atoms with Crippen LogP contribution in [0.5, 0.6) is 5.75 Å². The maximum Gasteiger partial charge on any atom is 0.340 e. The number of carbonyl (C=O) groups excluding carboxylic acids is 1. The molecule has 6 nitrogen and oxygen atoms in total. The van der Waals surface area contributed by atoms with Gasteiger partial charge in [0.05, 0.1) is 22.2 Å². The van der Waals surface area contributed by atoms with Gasteiger partial charge in [-0.1, -0.05) is 59.6 Å². The number of aryl methyl sites for hydroxylation is 1. The molecular formula is C24H23Cl2NO5S. The molecule has 0 aliphatic rings. The summed E-state index contributed by atoms with van der Waals surface area (Å²) in [5.41, 5.74) is 1.67. The smallest absolute Gasteiger partial charge is 0.340 e. The molecule has 0 bridgehead atoms. The van der Waals surface area contributed by atoms with E-state index in [0.717, 1.165) is 5.56 Å². The summed E-state index contributed by atoms with van der Waals surface area (Å²) in [5.74, 6) is -0.0892. The molecule has 0 saturated heterocycles. The van der Waals surface area contributed by atoms with Crippen molar-refractivity contribution in [2.45, 2.75) is 18.4 Å². The molecule has 3 rings (SSSR count). The van der Waals surface area contributed by atoms with Crippen LogP contribution in [0.4, 0.5) is 0 Å². The fraction of sp³-hybridized carbons (Fsp3) is 0.208. The standard InChI is InChI=1S/C24H23Cl2NO5S/c1-17-6-5-9-22(26)23(17)33(29,30)32-19-12-10-18(11-13-19)16-27(14-15-31-2)24(28)20-7-3-4-8-21(20)25/h3-13H,14-16H2,1-2H3. The van der Waals surface area contributed by atoms with Crippen molar-refractivity contribution in [1.82, 2.24) is 4.90 Å². The molecule has 0 heterocycles. The van der Waals surface area contributed by atoms with Gasteiger partial charge in [0.1, 0.15) is 10.6 Å². The van der Waals surface area contributed by atoms with Crippen LogP contribution in [0.2, 0.25) is 10.0 Å². The Labute approximate surface area is 203 Å². The monoisotopic (exact) mass is 507 g/mol. The summed E-state index contributed by atoms with van der Waals surface area (Å²) in [7, 11) is -2.54. The van der Waals surface area contributed by atoms with Gasteiger partial charge < -0.3 is 13.8 Å². The van der Waals surface area contributed by atoms with Gasteiger partial charge in [0, 0.05) is 20.2 Å². The average Bonchev–Trinajstić information content (AvgIpc) is 2.77. The largest absolute Gasteiger partial charge is 0.383 e. The maximum absolute atomic E-state index is 13.0. The lowest BCUT2D eigenvalue weighted by Gasteiger charge is -2.23. The van der Waals surface area contributed by atoms with Gasteiger partial charge in [-0.25, -0.2) is 0 Å². The van der Waals surface area contributed by atoms with Crippen LogP contribution in [0.25, 0.3) is 0 Å². The summed E-state index contributed by atoms with van der Waals surface area (Å²) in [6.07, 6.45) is 0. The maximum atomic E-state index is 13.0. The lowest BCUT2D eigenvalue weighted by molar-refractivity contribution is 0.0680. The second-order valence-corrected chi connectivity index (χ2v) is 9.56. The Morgan fingerprint density at radius 2 is 1.61 bits per heavy atom. The second-order valence-electron chi connectivity index (χ2n) is 7.27. The Morgan fingerprint density at radius 1 is 0.939 bits per heavy atom. The molecule has 0 atom stereocenters. The topological polar surface area (TPSA) is 72.9 Å². The molecule has 174 valence electrons. The van der Waals surface area contributed by atoms with Crippen LogP contribution in [-0.2, 0) is 21.4 Å². The number of nitrogens with zero attached hydrogens (tertiary/aromatic N) is 1. The fourth-order valence-electron chi connectivity index (χ4n) is 3.23. The zero-order chi connectivity index (χ0) is 24.0. The highest BCUT2D eigenvalue weighted by atomic mass is 35.5. The number of ether oxygens (including phenoxy) is 1. The van der Waals surface area contributed by atoms with E-state index in [1.807, 2.05) is 0 Å². The first-order valence-corrected chi connectivity index (χ1v) is 12.2. The van der Waals surface area contributed by atoms with E-state index in [9.17, 15) is 13.2 Å². The van der Waals surface area contributed by atoms with Crippen LogP contribution >= 0.6 is 23.2 Å². The van der Waals surface area contributed by atoms with E-state index in [2.05, 4.69) is 0 Å². The van der Waals surface area contributed by atoms with E-state index < -0.39 is 10.1 Å². The van der Waals surface area contributed by atoms with Gasteiger partial charge in [0.2, 0.25) is 0 Å². The van der Waals surface area contributed by atoms with Crippen molar-refractivity contribution in [3.63, 3.8) is 0 Å². The number of amides is 1. The van der Waals surface area contributed by atoms with Crippen LogP contribution in [0.3, 0.4) is 0 Å². The molecule has 0 saturated carbocycles. The van der Waals surface area contributed by atoms with Gasteiger partial charge in [0.15, 0.2) is 0 Å². The summed E-state index contributed by atoms with van der Waals surface area (Å²) >= 11 is 12.3. The lowest BCUT2D eigenvalue weighted by atomic mass is 10.1. The van der Waals surface area contributed by atoms with E-state index in [0.29, 0.717) is 29.3 Å². The quantitative estimate of drug-likeness (QED) is 0.364. The highest BCUT2D eigenvalue weighted by Gasteiger charge is 2.23. The lowest BCUT2D eigenvalue weighted by Crippen LogP contribution is -2.33. The summed E-state index contributed by atoms with van der Waals surface area (Å²) < 4.78 is 35.8. The Morgan fingerprint density at radius 3 is 2.24 bits per heavy atom. The first kappa shape index (κ1) is 25.1. The predicted molar refractivity (Wildman–Crippen MR) is 129 cm³/mol. The third-order valence-corrected chi connectivity index (χ3v) is 7.08. The zero-order valence-corrected chi connectivity index (χ0v) is 20.5. The van der Waals surface area contributed by atoms with Gasteiger partial charge in [-0.3, -0.25) is 4.79 Å². The number of carbonyl (C=O) groups is 1. The van der Waals surface area contributed by atoms with Crippen LogP contribution in [-0.4, -0.2) is 39.5 Å². The minimum Gasteiger partial charge on any atom is -0.383 e. The van der Waals surface area contributed by atoms with E-state index in [4.69, 9.17) is 32.1 Å². The number of benzene rings is 3. The van der Waals surface area contributed by atoms with Gasteiger partial charge in [-0.15, -0.1) is 0 Å². The zero-order valence-electron chi connectivity index (χ0n) is 18.1. The number of halogens is 2. The summed E-state index contributed by atoms with van der Waals surface area (Å²) in [6, 6.07) is 18.1. The van der Waals surface area contributed by atoms with Crippen LogP contribution in [0.15, 0.2) is 71.6 Å². The minimum atomic E-state index is -4.10. The first-order chi connectivity index (χ1) is 15.7. The van der Waals surface area contributed by atoms with Crippen molar-refractivity contribution in [3.8, 4) is 5.75 Å². The molecule has 0 aliphatic heterocycles. The molecule has 0 fully saturated rings. The average molecular weight is 508 g/mol. The van der Waals surface area contributed by atoms with Gasteiger partial charge in [0.25, 0.3) is 5.91 Å². The van der Waals surface area contributed by atoms with Crippen molar-refractivity contribution in [2.75, 3.05) is 20.3 Å². The van der Waals surface area contributed by atoms with Crippen molar-refractivity contribution in [2.24, 2.45) is 0 Å². The number of hydrogen-bond acceptors (Lipinski definition) is 5. The molecule has 3 aromatic carbocycles. The molecular weight excluding hydrogens is 485 g/mol. The molecule has 0 aromatic heterocycles. The highest BCUT2D eigenvalue weighted by molar-refractivity contribution is 7.87. The number of methoxy groups -OCH3 is 1. The number of rotatable bonds is 9. The molecule has 1 amide bonds. The molecule has 0 unspecified atom stereocenters. The van der Waals surface area contributed by atoms with Crippen molar-refractivity contribution < 1.29 is 22.1 Å². The second kappa shape index (κ2) is 11.0. The summed E-state index contributed by atoms with van der Waals surface area (Å²) in [5, 5.41) is 0.465. The third-order valence-electron chi connectivity index (χ3n) is 4.87. The fourth-order valence-corrected chi connectivity index (χ4v) is 5.17. The summed E-state index contributed by atoms with van der Waals surface area (Å²) in [4.78, 5) is 14.6. The Bertz CT molecular complexity index is 1210. The summed E-state index contributed by atoms with van der Waals surface area (Å²) in [6.45, 7) is 2.64. The molecule has 9 heteroatoms. The van der Waals surface area contributed by atoms with E-state index >= 15 is 0 Å². The molecule has 33 heavy (non-hydrogen) atoms. The molecule has 0 N–H and O–H groups in total. The van der Waals surface area contributed by atoms with E-state index in [-0.39, 0.29) is 28.1 Å².